The van der Waals surface area contributed by atoms with Gasteiger partial charge in [0, 0.05) is 7.11 Å². The molecule has 5 heteroatoms. The molecule has 0 spiro atoms. The summed E-state index contributed by atoms with van der Waals surface area (Å²) >= 11 is 0. The first kappa shape index (κ1) is 13.0. The van der Waals surface area contributed by atoms with Crippen LogP contribution in [0.5, 0.6) is 5.75 Å². The number of methoxy groups -OCH3 is 1. The number of hydrogen-bond donors (Lipinski definition) is 2. The SMILES string of the molecule is COCC(C)Oc1ccc(B(O)O)c(C)c1. The molecule has 0 amide bonds. The van der Waals surface area contributed by atoms with E-state index in [4.69, 9.17) is 19.5 Å². The summed E-state index contributed by atoms with van der Waals surface area (Å²) in [5, 5.41) is 18.1. The van der Waals surface area contributed by atoms with E-state index in [0.29, 0.717) is 17.8 Å². The zero-order valence-electron chi connectivity index (χ0n) is 9.80. The van der Waals surface area contributed by atoms with Crippen molar-refractivity contribution in [3.8, 4) is 5.75 Å². The van der Waals surface area contributed by atoms with Crippen molar-refractivity contribution in [2.45, 2.75) is 20.0 Å². The van der Waals surface area contributed by atoms with Gasteiger partial charge in [-0.05, 0) is 37.0 Å². The van der Waals surface area contributed by atoms with Gasteiger partial charge >= 0.3 is 7.12 Å². The van der Waals surface area contributed by atoms with Gasteiger partial charge in [-0.25, -0.2) is 0 Å². The van der Waals surface area contributed by atoms with Gasteiger partial charge in [0.25, 0.3) is 0 Å². The van der Waals surface area contributed by atoms with Crippen LogP contribution < -0.4 is 10.2 Å². The molecule has 1 atom stereocenters. The second-order valence-corrected chi connectivity index (χ2v) is 3.78. The molecule has 0 saturated carbocycles. The van der Waals surface area contributed by atoms with Gasteiger partial charge in [-0.15, -0.1) is 0 Å². The van der Waals surface area contributed by atoms with E-state index in [9.17, 15) is 0 Å². The molecule has 1 rings (SSSR count). The van der Waals surface area contributed by atoms with E-state index in [2.05, 4.69) is 0 Å². The number of aryl methyl sites for hydroxylation is 1. The Morgan fingerprint density at radius 2 is 2.06 bits per heavy atom. The smallest absolute Gasteiger partial charge is 0.488 e. The van der Waals surface area contributed by atoms with Gasteiger partial charge in [0.1, 0.15) is 11.9 Å². The van der Waals surface area contributed by atoms with Crippen LogP contribution in [-0.4, -0.2) is 37.0 Å². The average Bonchev–Trinajstić information content (AvgIpc) is 2.17. The van der Waals surface area contributed by atoms with Crippen LogP contribution >= 0.6 is 0 Å². The fourth-order valence-corrected chi connectivity index (χ4v) is 1.51. The minimum atomic E-state index is -1.44. The molecule has 4 nitrogen and oxygen atoms in total. The highest BCUT2D eigenvalue weighted by atomic mass is 16.5. The molecule has 0 aromatic heterocycles. The first-order valence-electron chi connectivity index (χ1n) is 5.17. The Kier molecular flexibility index (Phi) is 4.80. The van der Waals surface area contributed by atoms with Crippen molar-refractivity contribution < 1.29 is 19.5 Å². The van der Waals surface area contributed by atoms with Gasteiger partial charge in [0.15, 0.2) is 0 Å². The molecule has 0 aliphatic carbocycles. The third-order valence-electron chi connectivity index (χ3n) is 2.26. The Balaban J connectivity index is 2.73. The molecule has 1 aromatic carbocycles. The Bertz CT molecular complexity index is 341. The quantitative estimate of drug-likeness (QED) is 0.696. The lowest BCUT2D eigenvalue weighted by Crippen LogP contribution is -2.32. The Labute approximate surface area is 96.0 Å². The number of hydrogen-bond acceptors (Lipinski definition) is 4. The first-order chi connectivity index (χ1) is 7.54. The van der Waals surface area contributed by atoms with Crippen LogP contribution in [0.4, 0.5) is 0 Å². The third-order valence-corrected chi connectivity index (χ3v) is 2.26. The zero-order valence-corrected chi connectivity index (χ0v) is 9.80. The second kappa shape index (κ2) is 5.89. The predicted molar refractivity (Wildman–Crippen MR) is 63.0 cm³/mol. The fraction of sp³-hybridized carbons (Fsp3) is 0.455. The molecule has 0 bridgehead atoms. The Hall–Kier alpha value is -1.04. The highest BCUT2D eigenvalue weighted by Crippen LogP contribution is 2.13. The van der Waals surface area contributed by atoms with Crippen molar-refractivity contribution in [1.29, 1.82) is 0 Å². The molecule has 0 fully saturated rings. The lowest BCUT2D eigenvalue weighted by atomic mass is 9.77. The van der Waals surface area contributed by atoms with E-state index >= 15 is 0 Å². The molecule has 1 unspecified atom stereocenters. The van der Waals surface area contributed by atoms with E-state index in [1.54, 1.807) is 25.3 Å². The third kappa shape index (κ3) is 3.52. The average molecular weight is 224 g/mol. The first-order valence-corrected chi connectivity index (χ1v) is 5.17. The summed E-state index contributed by atoms with van der Waals surface area (Å²) in [6.45, 7) is 4.24. The van der Waals surface area contributed by atoms with Crippen molar-refractivity contribution in [2.75, 3.05) is 13.7 Å². The zero-order chi connectivity index (χ0) is 12.1. The fourth-order valence-electron chi connectivity index (χ4n) is 1.51. The molecular formula is C11H17BO4. The van der Waals surface area contributed by atoms with Gasteiger partial charge in [0.2, 0.25) is 0 Å². The van der Waals surface area contributed by atoms with E-state index in [1.807, 2.05) is 13.8 Å². The predicted octanol–water partition coefficient (Wildman–Crippen LogP) is 0.0885. The van der Waals surface area contributed by atoms with Crippen molar-refractivity contribution in [1.82, 2.24) is 0 Å². The van der Waals surface area contributed by atoms with E-state index in [-0.39, 0.29) is 6.10 Å². The van der Waals surface area contributed by atoms with Gasteiger partial charge in [-0.2, -0.15) is 0 Å². The highest BCUT2D eigenvalue weighted by molar-refractivity contribution is 6.59. The number of ether oxygens (including phenoxy) is 2. The normalized spacial score (nSPS) is 12.3. The van der Waals surface area contributed by atoms with Crippen LogP contribution in [0.2, 0.25) is 0 Å². The van der Waals surface area contributed by atoms with Crippen LogP contribution in [-0.2, 0) is 4.74 Å². The summed E-state index contributed by atoms with van der Waals surface area (Å²) in [7, 11) is 0.182. The number of rotatable bonds is 5. The standard InChI is InChI=1S/C11H17BO4/c1-8-6-10(16-9(2)7-15-3)4-5-11(8)12(13)14/h4-6,9,13-14H,7H2,1-3H3. The van der Waals surface area contributed by atoms with Gasteiger partial charge in [0.05, 0.1) is 6.61 Å². The summed E-state index contributed by atoms with van der Waals surface area (Å²) in [6.07, 6.45) is -0.0331. The van der Waals surface area contributed by atoms with Crippen LogP contribution in [0.25, 0.3) is 0 Å². The second-order valence-electron chi connectivity index (χ2n) is 3.78. The lowest BCUT2D eigenvalue weighted by Gasteiger charge is -2.15. The minimum absolute atomic E-state index is 0.0331. The topological polar surface area (TPSA) is 58.9 Å². The molecule has 88 valence electrons. The molecule has 2 N–H and O–H groups in total. The Morgan fingerprint density at radius 3 is 2.56 bits per heavy atom. The summed E-state index contributed by atoms with van der Waals surface area (Å²) in [4.78, 5) is 0. The minimum Gasteiger partial charge on any atom is -0.488 e. The van der Waals surface area contributed by atoms with Crippen LogP contribution in [0.15, 0.2) is 18.2 Å². The maximum absolute atomic E-state index is 9.06. The summed E-state index contributed by atoms with van der Waals surface area (Å²) in [5.41, 5.74) is 1.28. The van der Waals surface area contributed by atoms with Gasteiger partial charge in [-0.3, -0.25) is 0 Å². The largest absolute Gasteiger partial charge is 0.488 e. The van der Waals surface area contributed by atoms with E-state index < -0.39 is 7.12 Å². The highest BCUT2D eigenvalue weighted by Gasteiger charge is 2.14. The molecule has 0 aliphatic heterocycles. The summed E-state index contributed by atoms with van der Waals surface area (Å²) in [6, 6.07) is 5.14. The van der Waals surface area contributed by atoms with Gasteiger partial charge in [-0.1, -0.05) is 6.07 Å². The van der Waals surface area contributed by atoms with Crippen molar-refractivity contribution in [3.05, 3.63) is 23.8 Å². The lowest BCUT2D eigenvalue weighted by molar-refractivity contribution is 0.0920. The maximum atomic E-state index is 9.06. The van der Waals surface area contributed by atoms with Crippen molar-refractivity contribution in [2.24, 2.45) is 0 Å². The molecule has 0 heterocycles. The monoisotopic (exact) mass is 224 g/mol. The summed E-state index contributed by atoms with van der Waals surface area (Å²) < 4.78 is 10.5. The molecule has 16 heavy (non-hydrogen) atoms. The molecule has 0 radical (unpaired) electrons. The molecular weight excluding hydrogens is 207 g/mol. The van der Waals surface area contributed by atoms with Crippen molar-refractivity contribution in [3.63, 3.8) is 0 Å². The molecule has 0 saturated heterocycles. The van der Waals surface area contributed by atoms with E-state index in [0.717, 1.165) is 5.56 Å². The number of benzene rings is 1. The van der Waals surface area contributed by atoms with Crippen LogP contribution in [0.3, 0.4) is 0 Å². The summed E-state index contributed by atoms with van der Waals surface area (Å²) in [5.74, 6) is 0.700. The van der Waals surface area contributed by atoms with Crippen LogP contribution in [0, 0.1) is 6.92 Å². The molecule has 0 aliphatic rings. The van der Waals surface area contributed by atoms with Gasteiger partial charge < -0.3 is 19.5 Å². The van der Waals surface area contributed by atoms with Crippen molar-refractivity contribution >= 4 is 12.6 Å². The van der Waals surface area contributed by atoms with E-state index in [1.165, 1.54) is 0 Å². The Morgan fingerprint density at radius 1 is 1.38 bits per heavy atom. The molecule has 1 aromatic rings. The van der Waals surface area contributed by atoms with Crippen LogP contribution in [0.1, 0.15) is 12.5 Å². The maximum Gasteiger partial charge on any atom is 0.488 e.